The van der Waals surface area contributed by atoms with E-state index in [1.165, 1.54) is 35.6 Å². The molecule has 7 heteroatoms. The van der Waals surface area contributed by atoms with Gasteiger partial charge in [0.05, 0.1) is 5.69 Å². The van der Waals surface area contributed by atoms with E-state index in [-0.39, 0.29) is 11.7 Å². The number of carbonyl (C=O) groups is 1. The van der Waals surface area contributed by atoms with Crippen LogP contribution in [0.3, 0.4) is 0 Å². The van der Waals surface area contributed by atoms with Gasteiger partial charge in [-0.3, -0.25) is 15.6 Å². The lowest BCUT2D eigenvalue weighted by Gasteiger charge is -2.05. The van der Waals surface area contributed by atoms with Crippen molar-refractivity contribution in [3.63, 3.8) is 0 Å². The SMILES string of the molecule is O=C(NNc1nc(-c2ccc(Br)cc2)cs1)c1ccc(F)cc1. The fraction of sp³-hybridized carbons (Fsp3) is 0. The average molecular weight is 392 g/mol. The van der Waals surface area contributed by atoms with Crippen molar-refractivity contribution in [3.05, 3.63) is 69.8 Å². The first-order chi connectivity index (χ1) is 11.1. The summed E-state index contributed by atoms with van der Waals surface area (Å²) in [7, 11) is 0. The summed E-state index contributed by atoms with van der Waals surface area (Å²) in [4.78, 5) is 16.3. The Morgan fingerprint density at radius 2 is 1.78 bits per heavy atom. The summed E-state index contributed by atoms with van der Waals surface area (Å²) in [6, 6.07) is 13.1. The van der Waals surface area contributed by atoms with Gasteiger partial charge in [-0.15, -0.1) is 11.3 Å². The molecule has 116 valence electrons. The molecule has 0 fully saturated rings. The van der Waals surface area contributed by atoms with Crippen LogP contribution in [0.2, 0.25) is 0 Å². The first-order valence-corrected chi connectivity index (χ1v) is 8.32. The van der Waals surface area contributed by atoms with Gasteiger partial charge in [0.15, 0.2) is 0 Å². The molecule has 1 amide bonds. The molecule has 4 nitrogen and oxygen atoms in total. The zero-order chi connectivity index (χ0) is 16.2. The number of thiazole rings is 1. The van der Waals surface area contributed by atoms with Crippen LogP contribution in [0.15, 0.2) is 58.4 Å². The van der Waals surface area contributed by atoms with Crippen LogP contribution in [-0.4, -0.2) is 10.9 Å². The molecule has 0 aliphatic heterocycles. The van der Waals surface area contributed by atoms with Crippen LogP contribution in [-0.2, 0) is 0 Å². The Morgan fingerprint density at radius 1 is 1.09 bits per heavy atom. The van der Waals surface area contributed by atoms with Crippen molar-refractivity contribution >= 4 is 38.3 Å². The van der Waals surface area contributed by atoms with E-state index in [0.717, 1.165) is 15.7 Å². The van der Waals surface area contributed by atoms with Gasteiger partial charge in [-0.05, 0) is 36.4 Å². The molecule has 3 aromatic rings. The Hall–Kier alpha value is -2.25. The standard InChI is InChI=1S/C16H11BrFN3OS/c17-12-5-1-10(2-6-12)14-9-23-16(19-14)21-20-15(22)11-3-7-13(18)8-4-11/h1-9H,(H,19,21)(H,20,22). The smallest absolute Gasteiger partial charge is 0.269 e. The molecule has 23 heavy (non-hydrogen) atoms. The second-order valence-electron chi connectivity index (χ2n) is 4.63. The molecule has 0 spiro atoms. The van der Waals surface area contributed by atoms with Crippen LogP contribution in [0.25, 0.3) is 11.3 Å². The molecule has 0 saturated heterocycles. The zero-order valence-corrected chi connectivity index (χ0v) is 14.1. The molecule has 2 N–H and O–H groups in total. The van der Waals surface area contributed by atoms with Gasteiger partial charge >= 0.3 is 0 Å². The van der Waals surface area contributed by atoms with E-state index in [9.17, 15) is 9.18 Å². The minimum atomic E-state index is -0.381. The number of hydrazine groups is 1. The lowest BCUT2D eigenvalue weighted by Crippen LogP contribution is -2.29. The second-order valence-corrected chi connectivity index (χ2v) is 6.40. The largest absolute Gasteiger partial charge is 0.273 e. The molecule has 3 rings (SSSR count). The van der Waals surface area contributed by atoms with E-state index < -0.39 is 0 Å². The predicted molar refractivity (Wildman–Crippen MR) is 92.7 cm³/mol. The number of benzene rings is 2. The Balaban J connectivity index is 1.64. The van der Waals surface area contributed by atoms with Crippen molar-refractivity contribution in [2.45, 2.75) is 0 Å². The number of rotatable bonds is 4. The van der Waals surface area contributed by atoms with Crippen molar-refractivity contribution in [2.24, 2.45) is 0 Å². The molecular formula is C16H11BrFN3OS. The molecule has 2 aromatic carbocycles. The highest BCUT2D eigenvalue weighted by molar-refractivity contribution is 9.10. The highest BCUT2D eigenvalue weighted by Gasteiger charge is 2.08. The third-order valence-electron chi connectivity index (χ3n) is 3.03. The van der Waals surface area contributed by atoms with E-state index in [0.29, 0.717) is 10.7 Å². The van der Waals surface area contributed by atoms with Gasteiger partial charge in [0.2, 0.25) is 5.13 Å². The van der Waals surface area contributed by atoms with E-state index in [1.54, 1.807) is 0 Å². The fourth-order valence-corrected chi connectivity index (χ4v) is 2.81. The van der Waals surface area contributed by atoms with Crippen LogP contribution in [0.5, 0.6) is 0 Å². The zero-order valence-electron chi connectivity index (χ0n) is 11.7. The monoisotopic (exact) mass is 391 g/mol. The highest BCUT2D eigenvalue weighted by atomic mass is 79.9. The highest BCUT2D eigenvalue weighted by Crippen LogP contribution is 2.25. The average Bonchev–Trinajstić information content (AvgIpc) is 3.03. The summed E-state index contributed by atoms with van der Waals surface area (Å²) in [5.74, 6) is -0.737. The topological polar surface area (TPSA) is 54.0 Å². The lowest BCUT2D eigenvalue weighted by atomic mass is 10.2. The van der Waals surface area contributed by atoms with Gasteiger partial charge in [-0.2, -0.15) is 0 Å². The van der Waals surface area contributed by atoms with Crippen molar-refractivity contribution in [3.8, 4) is 11.3 Å². The lowest BCUT2D eigenvalue weighted by molar-refractivity contribution is 0.0962. The van der Waals surface area contributed by atoms with Gasteiger partial charge < -0.3 is 0 Å². The molecule has 0 saturated carbocycles. The number of hydrogen-bond acceptors (Lipinski definition) is 4. The van der Waals surface area contributed by atoms with Crippen LogP contribution in [0, 0.1) is 5.82 Å². The molecule has 1 aromatic heterocycles. The van der Waals surface area contributed by atoms with Crippen LogP contribution >= 0.6 is 27.3 Å². The Morgan fingerprint density at radius 3 is 2.48 bits per heavy atom. The van der Waals surface area contributed by atoms with Crippen molar-refractivity contribution < 1.29 is 9.18 Å². The molecule has 0 radical (unpaired) electrons. The number of hydrogen-bond donors (Lipinski definition) is 2. The minimum absolute atomic E-state index is 0.356. The molecule has 0 unspecified atom stereocenters. The van der Waals surface area contributed by atoms with Crippen molar-refractivity contribution in [1.82, 2.24) is 10.4 Å². The number of halogens is 2. The van der Waals surface area contributed by atoms with Gasteiger partial charge in [-0.1, -0.05) is 28.1 Å². The summed E-state index contributed by atoms with van der Waals surface area (Å²) in [6.07, 6.45) is 0. The van der Waals surface area contributed by atoms with Crippen molar-refractivity contribution in [2.75, 3.05) is 5.43 Å². The molecule has 0 atom stereocenters. The number of carbonyl (C=O) groups excluding carboxylic acids is 1. The van der Waals surface area contributed by atoms with Crippen molar-refractivity contribution in [1.29, 1.82) is 0 Å². The maximum atomic E-state index is 12.8. The van der Waals surface area contributed by atoms with Gasteiger partial charge in [0.1, 0.15) is 5.82 Å². The van der Waals surface area contributed by atoms with Gasteiger partial charge in [-0.25, -0.2) is 9.37 Å². The molecule has 0 bridgehead atoms. The Bertz CT molecular complexity index is 818. The maximum Gasteiger partial charge on any atom is 0.269 e. The van der Waals surface area contributed by atoms with E-state index in [4.69, 9.17) is 0 Å². The van der Waals surface area contributed by atoms with E-state index >= 15 is 0 Å². The number of nitrogens with one attached hydrogen (secondary N) is 2. The molecule has 1 heterocycles. The first kappa shape index (κ1) is 15.6. The summed E-state index contributed by atoms with van der Waals surface area (Å²) in [6.45, 7) is 0. The predicted octanol–water partition coefficient (Wildman–Crippen LogP) is 4.47. The molecular weight excluding hydrogens is 381 g/mol. The number of amides is 1. The van der Waals surface area contributed by atoms with E-state index in [1.807, 2.05) is 29.6 Å². The van der Waals surface area contributed by atoms with Gasteiger partial charge in [0, 0.05) is 21.0 Å². The summed E-state index contributed by atoms with van der Waals surface area (Å²) >= 11 is 4.77. The van der Waals surface area contributed by atoms with E-state index in [2.05, 4.69) is 31.8 Å². The second kappa shape index (κ2) is 6.89. The Kier molecular flexibility index (Phi) is 4.68. The molecule has 0 aliphatic rings. The first-order valence-electron chi connectivity index (χ1n) is 6.65. The Labute approximate surface area is 144 Å². The third kappa shape index (κ3) is 3.94. The minimum Gasteiger partial charge on any atom is -0.273 e. The van der Waals surface area contributed by atoms with Crippen LogP contribution in [0.4, 0.5) is 9.52 Å². The summed E-state index contributed by atoms with van der Waals surface area (Å²) in [5, 5.41) is 2.47. The molecule has 0 aliphatic carbocycles. The normalized spacial score (nSPS) is 10.3. The summed E-state index contributed by atoms with van der Waals surface area (Å²) in [5.41, 5.74) is 7.47. The van der Waals surface area contributed by atoms with Crippen LogP contribution in [0.1, 0.15) is 10.4 Å². The van der Waals surface area contributed by atoms with Gasteiger partial charge in [0.25, 0.3) is 5.91 Å². The summed E-state index contributed by atoms with van der Waals surface area (Å²) < 4.78 is 13.8. The number of nitrogens with zero attached hydrogens (tertiary/aromatic N) is 1. The number of anilines is 1. The maximum absolute atomic E-state index is 12.8. The third-order valence-corrected chi connectivity index (χ3v) is 4.32. The quantitative estimate of drug-likeness (QED) is 0.645. The fourth-order valence-electron chi connectivity index (χ4n) is 1.87. The van der Waals surface area contributed by atoms with Crippen LogP contribution < -0.4 is 10.9 Å². The number of aromatic nitrogens is 1.